The van der Waals surface area contributed by atoms with E-state index in [9.17, 15) is 22.4 Å². The third-order valence-electron chi connectivity index (χ3n) is 5.22. The minimum Gasteiger partial charge on any atom is -0.285 e. The smallest absolute Gasteiger partial charge is 0.266 e. The molecule has 10 heteroatoms. The minimum absolute atomic E-state index is 0.00627. The van der Waals surface area contributed by atoms with E-state index in [1.807, 2.05) is 20.8 Å². The molecule has 0 amide bonds. The molecule has 0 saturated carbocycles. The highest BCUT2D eigenvalue weighted by Crippen LogP contribution is 2.29. The molecule has 0 bridgehead atoms. The van der Waals surface area contributed by atoms with Crippen LogP contribution in [0.2, 0.25) is 0 Å². The van der Waals surface area contributed by atoms with Crippen molar-refractivity contribution in [2.45, 2.75) is 37.8 Å². The van der Waals surface area contributed by atoms with Crippen LogP contribution in [-0.2, 0) is 22.1 Å². The number of benzene rings is 2. The summed E-state index contributed by atoms with van der Waals surface area (Å²) in [6.45, 7) is 4.57. The molecule has 0 fully saturated rings. The van der Waals surface area contributed by atoms with Gasteiger partial charge in [0.15, 0.2) is 0 Å². The zero-order valence-corrected chi connectivity index (χ0v) is 19.1. The van der Waals surface area contributed by atoms with Crippen LogP contribution >= 0.6 is 0 Å². The first-order valence-electron chi connectivity index (χ1n) is 10.1. The van der Waals surface area contributed by atoms with Crippen LogP contribution in [0.4, 0.5) is 14.6 Å². The molecule has 2 N–H and O–H groups in total. The highest BCUT2D eigenvalue weighted by atomic mass is 32.2. The minimum atomic E-state index is -4.21. The van der Waals surface area contributed by atoms with Crippen molar-refractivity contribution < 1.29 is 27.1 Å². The number of aromatic nitrogens is 3. The second-order valence-electron chi connectivity index (χ2n) is 8.63. The van der Waals surface area contributed by atoms with Crippen molar-refractivity contribution in [1.29, 1.82) is 0 Å². The zero-order chi connectivity index (χ0) is 24.0. The highest BCUT2D eigenvalue weighted by Gasteiger charge is 2.24. The largest absolute Gasteiger partial charge is 0.285 e. The van der Waals surface area contributed by atoms with Crippen LogP contribution in [0.25, 0.3) is 16.6 Å². The maximum atomic E-state index is 14.6. The Bertz CT molecular complexity index is 1460. The van der Waals surface area contributed by atoms with E-state index in [0.29, 0.717) is 22.2 Å². The molecule has 2 aromatic heterocycles. The van der Waals surface area contributed by atoms with Crippen molar-refractivity contribution in [3.8, 4) is 5.69 Å². The number of hydrogen-bond acceptors (Lipinski definition) is 4. The van der Waals surface area contributed by atoms with Crippen molar-refractivity contribution in [3.63, 3.8) is 0 Å². The molecule has 7 nitrogen and oxygen atoms in total. The maximum absolute atomic E-state index is 14.6. The number of pyridine rings is 1. The number of hydrogen-bond donors (Lipinski definition) is 2. The van der Waals surface area contributed by atoms with Crippen LogP contribution in [0.5, 0.6) is 0 Å². The van der Waals surface area contributed by atoms with E-state index in [0.717, 1.165) is 10.8 Å². The van der Waals surface area contributed by atoms with Gasteiger partial charge in [-0.1, -0.05) is 32.9 Å². The quantitative estimate of drug-likeness (QED) is 0.335. The van der Waals surface area contributed by atoms with Gasteiger partial charge in [0.05, 0.1) is 21.7 Å². The molecule has 2 aromatic carbocycles. The van der Waals surface area contributed by atoms with Crippen LogP contribution in [0, 0.1) is 5.82 Å². The average molecular weight is 474 g/mol. The van der Waals surface area contributed by atoms with Gasteiger partial charge in [0.1, 0.15) is 18.3 Å². The molecular weight excluding hydrogens is 450 g/mol. The molecule has 172 valence electrons. The van der Waals surface area contributed by atoms with Gasteiger partial charge < -0.3 is 0 Å². The first kappa shape index (κ1) is 22.7. The van der Waals surface area contributed by atoms with Gasteiger partial charge in [-0.2, -0.15) is 5.10 Å². The van der Waals surface area contributed by atoms with Crippen LogP contribution < -0.4 is 9.45 Å². The summed E-state index contributed by atoms with van der Waals surface area (Å²) in [6.07, 6.45) is 1.45. The number of alkyl halides is 1. The Labute approximate surface area is 189 Å². The lowest BCUT2D eigenvalue weighted by Crippen LogP contribution is -2.30. The molecule has 0 radical (unpaired) electrons. The van der Waals surface area contributed by atoms with Crippen molar-refractivity contribution in [2.24, 2.45) is 0 Å². The van der Waals surface area contributed by atoms with Gasteiger partial charge in [-0.05, 0) is 35.2 Å². The number of nitrogens with zero attached hydrogens (tertiary/aromatic N) is 3. The Morgan fingerprint density at radius 1 is 1.12 bits per heavy atom. The first-order valence-corrected chi connectivity index (χ1v) is 11.6. The molecule has 0 atom stereocenters. The van der Waals surface area contributed by atoms with E-state index in [1.165, 1.54) is 29.1 Å². The summed E-state index contributed by atoms with van der Waals surface area (Å²) in [6, 6.07) is 13.3. The normalized spacial score (nSPS) is 12.3. The number of fused-ring (bicyclic) bond motifs is 1. The zero-order valence-electron chi connectivity index (χ0n) is 18.3. The number of rotatable bonds is 5. The van der Waals surface area contributed by atoms with Crippen molar-refractivity contribution in [1.82, 2.24) is 9.78 Å². The molecule has 2 heterocycles. The Balaban J connectivity index is 1.80. The van der Waals surface area contributed by atoms with Gasteiger partial charge in [0.2, 0.25) is 6.20 Å². The monoisotopic (exact) mass is 473 g/mol. The fraction of sp³-hybridized carbons (Fsp3) is 0.217. The van der Waals surface area contributed by atoms with E-state index in [2.05, 4.69) is 9.82 Å². The van der Waals surface area contributed by atoms with Gasteiger partial charge in [-0.3, -0.25) is 9.93 Å². The number of sulfonamides is 1. The van der Waals surface area contributed by atoms with Gasteiger partial charge >= 0.3 is 0 Å². The van der Waals surface area contributed by atoms with E-state index in [1.54, 1.807) is 30.3 Å². The van der Waals surface area contributed by atoms with E-state index in [4.69, 9.17) is 0 Å². The fourth-order valence-electron chi connectivity index (χ4n) is 3.62. The standard InChI is InChI=1S/C23H23F2N4O3S/c1-23(2,3)18-10-9-16(13-19(18)25)33(31,32)27-22-12-15(14-24)26-29(22)21-8-4-7-20-17(21)6-5-11-28(20)30/h4-13,27,30H,14H2,1-3H3/q+1. The molecule has 0 aliphatic carbocycles. The third-order valence-corrected chi connectivity index (χ3v) is 6.57. The van der Waals surface area contributed by atoms with Crippen LogP contribution in [0.3, 0.4) is 0 Å². The molecule has 4 aromatic rings. The van der Waals surface area contributed by atoms with Crippen LogP contribution in [-0.4, -0.2) is 23.4 Å². The topological polar surface area (TPSA) is 88.1 Å². The summed E-state index contributed by atoms with van der Waals surface area (Å²) in [5.74, 6) is -0.659. The van der Waals surface area contributed by atoms with Crippen LogP contribution in [0.15, 0.2) is 65.7 Å². The Morgan fingerprint density at radius 3 is 2.55 bits per heavy atom. The van der Waals surface area contributed by atoms with Crippen molar-refractivity contribution in [2.75, 3.05) is 4.72 Å². The Morgan fingerprint density at radius 2 is 1.88 bits per heavy atom. The summed E-state index contributed by atoms with van der Waals surface area (Å²) in [5.41, 5.74) is 0.765. The summed E-state index contributed by atoms with van der Waals surface area (Å²) < 4.78 is 58.7. The summed E-state index contributed by atoms with van der Waals surface area (Å²) in [7, 11) is -4.21. The number of anilines is 1. The van der Waals surface area contributed by atoms with Crippen molar-refractivity contribution in [3.05, 3.63) is 77.9 Å². The van der Waals surface area contributed by atoms with Gasteiger partial charge in [0, 0.05) is 22.9 Å². The van der Waals surface area contributed by atoms with Crippen molar-refractivity contribution >= 4 is 26.7 Å². The molecule has 4 rings (SSSR count). The average Bonchev–Trinajstić information content (AvgIpc) is 3.14. The summed E-state index contributed by atoms with van der Waals surface area (Å²) in [5, 5.41) is 14.8. The van der Waals surface area contributed by atoms with E-state index < -0.39 is 27.9 Å². The molecule has 0 saturated heterocycles. The predicted octanol–water partition coefficient (Wildman–Crippen LogP) is 4.26. The first-order chi connectivity index (χ1) is 15.5. The molecular formula is C23H23F2N4O3S+. The molecule has 33 heavy (non-hydrogen) atoms. The Kier molecular flexibility index (Phi) is 5.57. The van der Waals surface area contributed by atoms with Gasteiger partial charge in [-0.25, -0.2) is 21.9 Å². The second kappa shape index (κ2) is 8.11. The summed E-state index contributed by atoms with van der Waals surface area (Å²) >= 11 is 0. The molecule has 0 spiro atoms. The van der Waals surface area contributed by atoms with Crippen LogP contribution in [0.1, 0.15) is 32.0 Å². The fourth-order valence-corrected chi connectivity index (χ4v) is 4.66. The lowest BCUT2D eigenvalue weighted by Gasteiger charge is -2.20. The summed E-state index contributed by atoms with van der Waals surface area (Å²) in [4.78, 5) is -0.270. The number of halogens is 2. The maximum Gasteiger partial charge on any atom is 0.266 e. The SMILES string of the molecule is CC(C)(C)c1ccc(S(=O)(=O)Nc2cc(CF)nn2-c2cccc3c2ccc[n+]3O)cc1F. The van der Waals surface area contributed by atoms with E-state index in [-0.39, 0.29) is 16.4 Å². The third kappa shape index (κ3) is 4.25. The van der Waals surface area contributed by atoms with E-state index >= 15 is 0 Å². The highest BCUT2D eigenvalue weighted by molar-refractivity contribution is 7.92. The molecule has 0 aliphatic rings. The lowest BCUT2D eigenvalue weighted by molar-refractivity contribution is -0.884. The van der Waals surface area contributed by atoms with Gasteiger partial charge in [-0.15, -0.1) is 0 Å². The molecule has 0 aliphatic heterocycles. The molecule has 0 unspecified atom stereocenters. The second-order valence-corrected chi connectivity index (χ2v) is 10.3. The van der Waals surface area contributed by atoms with Gasteiger partial charge in [0.25, 0.3) is 15.5 Å². The predicted molar refractivity (Wildman–Crippen MR) is 119 cm³/mol. The Hall–Kier alpha value is -3.53. The lowest BCUT2D eigenvalue weighted by atomic mass is 9.87. The number of nitrogens with one attached hydrogen (secondary N) is 1.